The second kappa shape index (κ2) is 6.33. The van der Waals surface area contributed by atoms with Gasteiger partial charge in [-0.1, -0.05) is 49.9 Å². The van der Waals surface area contributed by atoms with Crippen LogP contribution in [0.5, 0.6) is 0 Å². The fourth-order valence-corrected chi connectivity index (χ4v) is 2.84. The van der Waals surface area contributed by atoms with Gasteiger partial charge in [0.25, 0.3) is 11.3 Å². The lowest BCUT2D eigenvalue weighted by Gasteiger charge is -2.06. The summed E-state index contributed by atoms with van der Waals surface area (Å²) in [6, 6.07) is 7.63. The van der Waals surface area contributed by atoms with Crippen LogP contribution < -0.4 is 5.56 Å². The van der Waals surface area contributed by atoms with Gasteiger partial charge >= 0.3 is 0 Å². The summed E-state index contributed by atoms with van der Waals surface area (Å²) in [5, 5.41) is 12.2. The zero-order chi connectivity index (χ0) is 16.4. The molecule has 0 saturated carbocycles. The molecule has 1 N–H and O–H groups in total. The van der Waals surface area contributed by atoms with Crippen LogP contribution in [0.4, 0.5) is 0 Å². The molecule has 2 aromatic heterocycles. The predicted octanol–water partition coefficient (Wildman–Crippen LogP) is 1.91. The van der Waals surface area contributed by atoms with Gasteiger partial charge < -0.3 is 0 Å². The summed E-state index contributed by atoms with van der Waals surface area (Å²) in [6.45, 7) is 4.22. The third-order valence-electron chi connectivity index (χ3n) is 3.37. The Labute approximate surface area is 136 Å². The van der Waals surface area contributed by atoms with Crippen LogP contribution in [0.15, 0.2) is 40.4 Å². The van der Waals surface area contributed by atoms with Crippen molar-refractivity contribution in [3.05, 3.63) is 51.9 Å². The predicted molar refractivity (Wildman–Crippen MR) is 87.0 cm³/mol. The lowest BCUT2D eigenvalue weighted by Crippen LogP contribution is -2.10. The highest BCUT2D eigenvalue weighted by Gasteiger charge is 2.12. The van der Waals surface area contributed by atoms with E-state index in [0.717, 1.165) is 6.20 Å². The maximum atomic E-state index is 12.3. The van der Waals surface area contributed by atoms with Crippen molar-refractivity contribution in [3.8, 4) is 0 Å². The molecule has 0 saturated heterocycles. The number of nitrogens with zero attached hydrogens (tertiary/aromatic N) is 4. The van der Waals surface area contributed by atoms with Crippen molar-refractivity contribution in [1.82, 2.24) is 24.8 Å². The van der Waals surface area contributed by atoms with Crippen molar-refractivity contribution in [3.63, 3.8) is 0 Å². The van der Waals surface area contributed by atoms with Gasteiger partial charge in [-0.15, -0.1) is 10.2 Å². The summed E-state index contributed by atoms with van der Waals surface area (Å²) in [6.07, 6.45) is 1.15. The zero-order valence-electron chi connectivity index (χ0n) is 12.7. The number of ketones is 1. The van der Waals surface area contributed by atoms with Crippen LogP contribution in [0.2, 0.25) is 0 Å². The third-order valence-corrected chi connectivity index (χ3v) is 4.29. The smallest absolute Gasteiger partial charge is 0.271 e. The molecule has 23 heavy (non-hydrogen) atoms. The minimum atomic E-state index is -0.345. The molecule has 8 heteroatoms. The standard InChI is InChI=1S/C15H15N5O2S/c1-9(2)10-3-5-11(6-4-10)12(21)8-23-15-19-18-14-17-13(22)7-16-20(14)15/h3-7,9H,8H2,1-2H3,(H,17,18,22). The van der Waals surface area contributed by atoms with Crippen molar-refractivity contribution in [2.45, 2.75) is 24.9 Å². The Balaban J connectivity index is 1.71. The van der Waals surface area contributed by atoms with E-state index in [1.807, 2.05) is 24.3 Å². The van der Waals surface area contributed by atoms with E-state index in [4.69, 9.17) is 0 Å². The highest BCUT2D eigenvalue weighted by Crippen LogP contribution is 2.18. The number of carbonyl (C=O) groups is 1. The normalized spacial score (nSPS) is 11.3. The van der Waals surface area contributed by atoms with E-state index < -0.39 is 0 Å². The molecular weight excluding hydrogens is 314 g/mol. The summed E-state index contributed by atoms with van der Waals surface area (Å²) >= 11 is 1.23. The molecule has 0 spiro atoms. The van der Waals surface area contributed by atoms with Crippen LogP contribution >= 0.6 is 11.8 Å². The minimum absolute atomic E-state index is 0.00600. The molecule has 0 aliphatic carbocycles. The first kappa shape index (κ1) is 15.4. The average Bonchev–Trinajstić information content (AvgIpc) is 2.94. The summed E-state index contributed by atoms with van der Waals surface area (Å²) in [5.74, 6) is 0.923. The fraction of sp³-hybridized carbons (Fsp3) is 0.267. The van der Waals surface area contributed by atoms with Crippen LogP contribution in [-0.2, 0) is 0 Å². The second-order valence-corrected chi connectivity index (χ2v) is 6.28. The first-order valence-corrected chi connectivity index (χ1v) is 8.10. The van der Waals surface area contributed by atoms with Gasteiger partial charge in [-0.25, -0.2) is 0 Å². The number of aromatic amines is 1. The van der Waals surface area contributed by atoms with Gasteiger partial charge in [0.15, 0.2) is 5.78 Å². The Kier molecular flexibility index (Phi) is 4.24. The Bertz CT molecular complexity index is 898. The number of rotatable bonds is 5. The van der Waals surface area contributed by atoms with E-state index in [1.165, 1.54) is 21.8 Å². The molecule has 118 valence electrons. The molecule has 0 atom stereocenters. The number of Topliss-reactive ketones (excluding diaryl/α,β-unsaturated/α-hetero) is 1. The molecule has 3 aromatic rings. The maximum absolute atomic E-state index is 12.3. The van der Waals surface area contributed by atoms with Crippen molar-refractivity contribution >= 4 is 23.3 Å². The third kappa shape index (κ3) is 3.31. The van der Waals surface area contributed by atoms with Crippen LogP contribution in [-0.4, -0.2) is 36.3 Å². The van der Waals surface area contributed by atoms with Crippen LogP contribution in [0.3, 0.4) is 0 Å². The molecule has 7 nitrogen and oxygen atoms in total. The number of aromatic nitrogens is 5. The Hall–Kier alpha value is -2.48. The number of hydrogen-bond donors (Lipinski definition) is 1. The van der Waals surface area contributed by atoms with Crippen molar-refractivity contribution in [2.75, 3.05) is 5.75 Å². The molecule has 0 aliphatic rings. The first-order valence-electron chi connectivity index (χ1n) is 7.11. The average molecular weight is 329 g/mol. The molecule has 0 aliphatic heterocycles. The minimum Gasteiger partial charge on any atom is -0.293 e. The van der Waals surface area contributed by atoms with Gasteiger partial charge in [0, 0.05) is 5.56 Å². The quantitative estimate of drug-likeness (QED) is 0.568. The van der Waals surface area contributed by atoms with Gasteiger partial charge in [-0.05, 0) is 11.5 Å². The van der Waals surface area contributed by atoms with Crippen LogP contribution in [0, 0.1) is 0 Å². The number of nitrogens with one attached hydrogen (secondary N) is 1. The van der Waals surface area contributed by atoms with Gasteiger partial charge in [-0.3, -0.25) is 14.6 Å². The van der Waals surface area contributed by atoms with Crippen molar-refractivity contribution in [1.29, 1.82) is 0 Å². The number of benzene rings is 1. The number of hydrogen-bond acceptors (Lipinski definition) is 6. The summed E-state index contributed by atoms with van der Waals surface area (Å²) < 4.78 is 1.40. The molecule has 3 rings (SSSR count). The molecule has 0 radical (unpaired) electrons. The number of carbonyl (C=O) groups excluding carboxylic acids is 1. The van der Waals surface area contributed by atoms with Crippen LogP contribution in [0.25, 0.3) is 5.78 Å². The van der Waals surface area contributed by atoms with Gasteiger partial charge in [-0.2, -0.15) is 9.61 Å². The molecule has 0 unspecified atom stereocenters. The van der Waals surface area contributed by atoms with E-state index in [-0.39, 0.29) is 22.9 Å². The lowest BCUT2D eigenvalue weighted by atomic mass is 10.0. The molecule has 0 fully saturated rings. The van der Waals surface area contributed by atoms with Crippen LogP contribution in [0.1, 0.15) is 35.7 Å². The maximum Gasteiger partial charge on any atom is 0.271 e. The Morgan fingerprint density at radius 3 is 2.70 bits per heavy atom. The van der Waals surface area contributed by atoms with Gasteiger partial charge in [0.05, 0.1) is 5.75 Å². The molecule has 2 heterocycles. The second-order valence-electron chi connectivity index (χ2n) is 5.34. The van der Waals surface area contributed by atoms with E-state index >= 15 is 0 Å². The Morgan fingerprint density at radius 2 is 2.00 bits per heavy atom. The van der Waals surface area contributed by atoms with Crippen molar-refractivity contribution < 1.29 is 4.79 Å². The molecule has 1 aromatic carbocycles. The number of H-pyrrole nitrogens is 1. The highest BCUT2D eigenvalue weighted by molar-refractivity contribution is 7.99. The van der Waals surface area contributed by atoms with Crippen molar-refractivity contribution in [2.24, 2.45) is 0 Å². The summed E-state index contributed by atoms with van der Waals surface area (Å²) in [4.78, 5) is 25.9. The van der Waals surface area contributed by atoms with Gasteiger partial charge in [0.2, 0.25) is 5.16 Å². The monoisotopic (exact) mass is 329 g/mol. The number of thioether (sulfide) groups is 1. The molecular formula is C15H15N5O2S. The number of fused-ring (bicyclic) bond motifs is 1. The molecule has 0 amide bonds. The summed E-state index contributed by atoms with van der Waals surface area (Å²) in [7, 11) is 0. The van der Waals surface area contributed by atoms with E-state index in [0.29, 0.717) is 16.6 Å². The molecule has 0 bridgehead atoms. The topological polar surface area (TPSA) is 93.0 Å². The first-order chi connectivity index (χ1) is 11.0. The van der Waals surface area contributed by atoms with E-state index in [2.05, 4.69) is 34.1 Å². The SMILES string of the molecule is CC(C)c1ccc(C(=O)CSc2nnc3[nH]c(=O)cnn23)cc1. The zero-order valence-corrected chi connectivity index (χ0v) is 13.5. The van der Waals surface area contributed by atoms with Gasteiger partial charge in [0.1, 0.15) is 6.20 Å². The Morgan fingerprint density at radius 1 is 1.26 bits per heavy atom. The fourth-order valence-electron chi connectivity index (χ4n) is 2.06. The lowest BCUT2D eigenvalue weighted by molar-refractivity contribution is 0.102. The van der Waals surface area contributed by atoms with E-state index in [9.17, 15) is 9.59 Å². The summed E-state index contributed by atoms with van der Waals surface area (Å²) in [5.41, 5.74) is 1.52. The largest absolute Gasteiger partial charge is 0.293 e. The van der Waals surface area contributed by atoms with E-state index in [1.54, 1.807) is 0 Å². The highest BCUT2D eigenvalue weighted by atomic mass is 32.2.